The highest BCUT2D eigenvalue weighted by Crippen LogP contribution is 2.44. The van der Waals surface area contributed by atoms with Crippen molar-refractivity contribution in [2.45, 2.75) is 24.9 Å². The van der Waals surface area contributed by atoms with Crippen LogP contribution < -0.4 is 10.6 Å². The first kappa shape index (κ1) is 23.7. The quantitative estimate of drug-likeness (QED) is 0.465. The Morgan fingerprint density at radius 3 is 2.29 bits per heavy atom. The maximum absolute atomic E-state index is 12.8. The number of aliphatic hydroxyl groups is 1. The molecule has 1 unspecified atom stereocenters. The molecular formula is C25H28N2O7. The Hall–Kier alpha value is -3.43. The van der Waals surface area contributed by atoms with Gasteiger partial charge in [-0.15, -0.1) is 0 Å². The molecule has 0 radical (unpaired) electrons. The van der Waals surface area contributed by atoms with E-state index in [1.807, 2.05) is 36.4 Å². The average molecular weight is 469 g/mol. The summed E-state index contributed by atoms with van der Waals surface area (Å²) in [5.74, 6) is -1.98. The molecule has 0 saturated carbocycles. The molecule has 9 nitrogen and oxygen atoms in total. The summed E-state index contributed by atoms with van der Waals surface area (Å²) in [6.07, 6.45) is -1.29. The van der Waals surface area contributed by atoms with Crippen LogP contribution in [0.1, 0.15) is 29.9 Å². The van der Waals surface area contributed by atoms with Crippen LogP contribution in [-0.2, 0) is 19.1 Å². The Balaban J connectivity index is 1.37. The van der Waals surface area contributed by atoms with Crippen LogP contribution in [0.4, 0.5) is 4.79 Å². The molecule has 9 heteroatoms. The summed E-state index contributed by atoms with van der Waals surface area (Å²) in [5.41, 5.74) is 3.40. The van der Waals surface area contributed by atoms with Gasteiger partial charge >= 0.3 is 12.1 Å². The molecule has 0 spiro atoms. The summed E-state index contributed by atoms with van der Waals surface area (Å²) in [5, 5.41) is 23.4. The number of carbonyl (C=O) groups is 3. The van der Waals surface area contributed by atoms with Crippen molar-refractivity contribution in [1.29, 1.82) is 0 Å². The number of benzene rings is 2. The van der Waals surface area contributed by atoms with Crippen LogP contribution >= 0.6 is 0 Å². The summed E-state index contributed by atoms with van der Waals surface area (Å²) < 4.78 is 11.0. The van der Waals surface area contributed by atoms with Crippen molar-refractivity contribution in [3.63, 3.8) is 0 Å². The largest absolute Gasteiger partial charge is 0.479 e. The van der Waals surface area contributed by atoms with Crippen LogP contribution in [0.15, 0.2) is 48.5 Å². The molecule has 1 saturated heterocycles. The molecule has 34 heavy (non-hydrogen) atoms. The van der Waals surface area contributed by atoms with E-state index in [0.717, 1.165) is 22.3 Å². The fraction of sp³-hybridized carbons (Fsp3) is 0.400. The van der Waals surface area contributed by atoms with Gasteiger partial charge in [-0.3, -0.25) is 4.79 Å². The molecule has 2 atom stereocenters. The molecule has 4 N–H and O–H groups in total. The second-order valence-corrected chi connectivity index (χ2v) is 8.68. The van der Waals surface area contributed by atoms with Crippen molar-refractivity contribution in [1.82, 2.24) is 10.6 Å². The van der Waals surface area contributed by atoms with Crippen LogP contribution in [0.25, 0.3) is 11.1 Å². The Labute approximate surface area is 197 Å². The first-order chi connectivity index (χ1) is 16.4. The molecule has 1 fully saturated rings. The van der Waals surface area contributed by atoms with Crippen LogP contribution in [-0.4, -0.2) is 67.2 Å². The number of carboxylic acid groups (broad SMARTS) is 1. The minimum atomic E-state index is -1.71. The maximum atomic E-state index is 12.8. The molecule has 0 bridgehead atoms. The third-order valence-corrected chi connectivity index (χ3v) is 6.46. The molecule has 2 aliphatic rings. The number of carboxylic acids is 1. The van der Waals surface area contributed by atoms with Crippen molar-refractivity contribution >= 4 is 18.0 Å². The smallest absolute Gasteiger partial charge is 0.407 e. The summed E-state index contributed by atoms with van der Waals surface area (Å²) in [7, 11) is 0. The number of hydrogen-bond acceptors (Lipinski definition) is 6. The van der Waals surface area contributed by atoms with Gasteiger partial charge in [-0.05, 0) is 35.1 Å². The zero-order chi connectivity index (χ0) is 24.1. The SMILES string of the molecule is O=C(NCC1(C(=O)NC[C@H](O)C(=O)O)CCCOC1)OCC1c2ccccc2-c2ccccc21. The monoisotopic (exact) mass is 468 g/mol. The number of rotatable bonds is 8. The van der Waals surface area contributed by atoms with Crippen LogP contribution in [0.2, 0.25) is 0 Å². The van der Waals surface area contributed by atoms with E-state index in [4.69, 9.17) is 14.6 Å². The van der Waals surface area contributed by atoms with Gasteiger partial charge in [0.05, 0.1) is 18.6 Å². The number of nitrogens with one attached hydrogen (secondary N) is 2. The molecule has 1 aliphatic heterocycles. The van der Waals surface area contributed by atoms with Gasteiger partial charge in [0.1, 0.15) is 6.61 Å². The molecule has 4 rings (SSSR count). The summed E-state index contributed by atoms with van der Waals surface area (Å²) >= 11 is 0. The van der Waals surface area contributed by atoms with E-state index in [1.165, 1.54) is 0 Å². The third kappa shape index (κ3) is 4.90. The number of carbonyl (C=O) groups excluding carboxylic acids is 2. The van der Waals surface area contributed by atoms with Crippen LogP contribution in [0.3, 0.4) is 0 Å². The Bertz CT molecular complexity index is 1020. The average Bonchev–Trinajstić information content (AvgIpc) is 3.18. The highest BCUT2D eigenvalue weighted by Gasteiger charge is 2.41. The topological polar surface area (TPSA) is 134 Å². The van der Waals surface area contributed by atoms with Gasteiger partial charge in [0.2, 0.25) is 5.91 Å². The molecule has 2 amide bonds. The fourth-order valence-electron chi connectivity index (χ4n) is 4.61. The Morgan fingerprint density at radius 1 is 1.06 bits per heavy atom. The molecule has 0 aromatic heterocycles. The van der Waals surface area contributed by atoms with Gasteiger partial charge < -0.3 is 30.3 Å². The third-order valence-electron chi connectivity index (χ3n) is 6.46. The number of ether oxygens (including phenoxy) is 2. The van der Waals surface area contributed by atoms with E-state index >= 15 is 0 Å². The van der Waals surface area contributed by atoms with Gasteiger partial charge in [0.15, 0.2) is 6.10 Å². The highest BCUT2D eigenvalue weighted by molar-refractivity contribution is 5.85. The first-order valence-corrected chi connectivity index (χ1v) is 11.3. The van der Waals surface area contributed by atoms with Crippen LogP contribution in [0, 0.1) is 5.41 Å². The number of aliphatic hydroxyl groups excluding tert-OH is 1. The molecule has 1 heterocycles. The van der Waals surface area contributed by atoms with E-state index in [2.05, 4.69) is 22.8 Å². The number of fused-ring (bicyclic) bond motifs is 3. The van der Waals surface area contributed by atoms with Crippen molar-refractivity contribution in [3.05, 3.63) is 59.7 Å². The van der Waals surface area contributed by atoms with E-state index in [0.29, 0.717) is 19.4 Å². The standard InChI is InChI=1S/C25H28N2O7/c28-21(22(29)30)12-26-23(31)25(10-5-11-33-15-25)14-27-24(32)34-13-20-18-8-3-1-6-16(18)17-7-2-4-9-19(17)20/h1-4,6-9,20-21,28H,5,10-15H2,(H,26,31)(H,27,32)(H,29,30)/t21-,25?/m0/s1. The maximum Gasteiger partial charge on any atom is 0.407 e. The summed E-state index contributed by atoms with van der Waals surface area (Å²) in [6, 6.07) is 16.1. The zero-order valence-corrected chi connectivity index (χ0v) is 18.7. The fourth-order valence-corrected chi connectivity index (χ4v) is 4.61. The molecular weight excluding hydrogens is 440 g/mol. The van der Waals surface area contributed by atoms with E-state index in [-0.39, 0.29) is 25.7 Å². The Kier molecular flexibility index (Phi) is 7.14. The van der Waals surface area contributed by atoms with Crippen molar-refractivity contribution in [3.8, 4) is 11.1 Å². The Morgan fingerprint density at radius 2 is 1.71 bits per heavy atom. The lowest BCUT2D eigenvalue weighted by Crippen LogP contribution is -2.54. The predicted octanol–water partition coefficient (Wildman–Crippen LogP) is 1.88. The second-order valence-electron chi connectivity index (χ2n) is 8.68. The number of amides is 2. The minimum Gasteiger partial charge on any atom is -0.479 e. The van der Waals surface area contributed by atoms with Crippen molar-refractivity contribution < 1.29 is 34.1 Å². The lowest BCUT2D eigenvalue weighted by Gasteiger charge is -2.35. The summed E-state index contributed by atoms with van der Waals surface area (Å²) in [4.78, 5) is 36.2. The van der Waals surface area contributed by atoms with Crippen LogP contribution in [0.5, 0.6) is 0 Å². The molecule has 2 aromatic rings. The highest BCUT2D eigenvalue weighted by atomic mass is 16.5. The normalized spacial score (nSPS) is 20.0. The molecule has 2 aromatic carbocycles. The number of hydrogen-bond donors (Lipinski definition) is 4. The lowest BCUT2D eigenvalue weighted by atomic mass is 9.81. The van der Waals surface area contributed by atoms with Crippen molar-refractivity contribution in [2.24, 2.45) is 5.41 Å². The van der Waals surface area contributed by atoms with Gasteiger partial charge in [0, 0.05) is 19.1 Å². The zero-order valence-electron chi connectivity index (χ0n) is 18.7. The number of aliphatic carboxylic acids is 1. The minimum absolute atomic E-state index is 0.0291. The summed E-state index contributed by atoms with van der Waals surface area (Å²) in [6.45, 7) is 0.267. The van der Waals surface area contributed by atoms with Gasteiger partial charge in [-0.2, -0.15) is 0 Å². The van der Waals surface area contributed by atoms with Gasteiger partial charge in [-0.25, -0.2) is 9.59 Å². The van der Waals surface area contributed by atoms with E-state index in [1.54, 1.807) is 0 Å². The number of alkyl carbamates (subject to hydrolysis) is 1. The first-order valence-electron chi connectivity index (χ1n) is 11.3. The van der Waals surface area contributed by atoms with E-state index in [9.17, 15) is 19.5 Å². The van der Waals surface area contributed by atoms with Crippen molar-refractivity contribution in [2.75, 3.05) is 32.9 Å². The van der Waals surface area contributed by atoms with Gasteiger partial charge in [-0.1, -0.05) is 48.5 Å². The second kappa shape index (κ2) is 10.2. The molecule has 1 aliphatic carbocycles. The predicted molar refractivity (Wildman–Crippen MR) is 122 cm³/mol. The lowest BCUT2D eigenvalue weighted by molar-refractivity contribution is -0.147. The van der Waals surface area contributed by atoms with E-state index < -0.39 is 36.0 Å². The van der Waals surface area contributed by atoms with Gasteiger partial charge in [0.25, 0.3) is 0 Å². The molecule has 180 valence electrons.